The van der Waals surface area contributed by atoms with E-state index in [4.69, 9.17) is 13.9 Å². The summed E-state index contributed by atoms with van der Waals surface area (Å²) in [7, 11) is -2.21. The standard InChI is InChI=1S/C28H27FN2O7S/c1-16-22-12-23-25(13-24(22)31(39(3,34)35)14-21(15-32)36-16)38-27(26(23)28(33)30-2)17-4-8-19(9-5-17)37-20-10-6-18(29)7-11-20/h4-13,16,21,32H,14-15H2,1-3H3,(H,30,33)/t16-,21-/m0/s1. The molecule has 0 spiro atoms. The van der Waals surface area contributed by atoms with Crippen LogP contribution in [0.25, 0.3) is 22.3 Å². The van der Waals surface area contributed by atoms with E-state index in [2.05, 4.69) is 5.32 Å². The Morgan fingerprint density at radius 2 is 1.77 bits per heavy atom. The summed E-state index contributed by atoms with van der Waals surface area (Å²) in [5, 5.41) is 12.9. The number of carbonyl (C=O) groups excluding carboxylic acids is 1. The van der Waals surface area contributed by atoms with Gasteiger partial charge in [-0.2, -0.15) is 0 Å². The highest BCUT2D eigenvalue weighted by molar-refractivity contribution is 7.92. The van der Waals surface area contributed by atoms with E-state index in [9.17, 15) is 22.7 Å². The van der Waals surface area contributed by atoms with Gasteiger partial charge in [0.05, 0.1) is 42.9 Å². The van der Waals surface area contributed by atoms with Gasteiger partial charge in [-0.05, 0) is 61.5 Å². The first-order chi connectivity index (χ1) is 18.6. The third kappa shape index (κ3) is 5.20. The van der Waals surface area contributed by atoms with Gasteiger partial charge in [0, 0.05) is 29.6 Å². The Morgan fingerprint density at radius 3 is 2.36 bits per heavy atom. The summed E-state index contributed by atoms with van der Waals surface area (Å²) in [4.78, 5) is 13.1. The smallest absolute Gasteiger partial charge is 0.255 e. The van der Waals surface area contributed by atoms with Crippen LogP contribution in [0.15, 0.2) is 65.1 Å². The Hall–Kier alpha value is -3.93. The number of furan rings is 1. The molecular formula is C28H27FN2O7S. The SMILES string of the molecule is CNC(=O)c1c(-c2ccc(Oc3ccc(F)cc3)cc2)oc2cc3c(cc12)[C@H](C)O[C@H](CO)CN3S(C)(=O)=O. The van der Waals surface area contributed by atoms with Crippen LogP contribution in [0.4, 0.5) is 10.1 Å². The zero-order valence-corrected chi connectivity index (χ0v) is 22.3. The molecule has 204 valence electrons. The monoisotopic (exact) mass is 554 g/mol. The fourth-order valence-corrected chi connectivity index (χ4v) is 5.61. The average molecular weight is 555 g/mol. The molecule has 39 heavy (non-hydrogen) atoms. The van der Waals surface area contributed by atoms with Crippen LogP contribution in [-0.2, 0) is 14.8 Å². The molecule has 0 radical (unpaired) electrons. The van der Waals surface area contributed by atoms with E-state index in [0.717, 1.165) is 6.26 Å². The summed E-state index contributed by atoms with van der Waals surface area (Å²) in [5.74, 6) is 0.519. The van der Waals surface area contributed by atoms with Crippen molar-refractivity contribution in [1.29, 1.82) is 0 Å². The highest BCUT2D eigenvalue weighted by Crippen LogP contribution is 2.42. The molecule has 1 aliphatic rings. The Morgan fingerprint density at radius 1 is 1.13 bits per heavy atom. The Kier molecular flexibility index (Phi) is 7.06. The highest BCUT2D eigenvalue weighted by Gasteiger charge is 2.33. The van der Waals surface area contributed by atoms with Gasteiger partial charge in [-0.15, -0.1) is 0 Å². The van der Waals surface area contributed by atoms with Crippen molar-refractivity contribution in [2.75, 3.05) is 30.8 Å². The first-order valence-electron chi connectivity index (χ1n) is 12.2. The average Bonchev–Trinajstić information content (AvgIpc) is 3.22. The van der Waals surface area contributed by atoms with Gasteiger partial charge in [0.25, 0.3) is 5.91 Å². The third-order valence-electron chi connectivity index (χ3n) is 6.53. The molecule has 0 unspecified atom stereocenters. The summed E-state index contributed by atoms with van der Waals surface area (Å²) in [6.07, 6.45) is -0.199. The normalized spacial score (nSPS) is 17.5. The molecular weight excluding hydrogens is 527 g/mol. The number of aliphatic hydroxyl groups is 1. The summed E-state index contributed by atoms with van der Waals surface area (Å²) in [6, 6.07) is 15.8. The largest absolute Gasteiger partial charge is 0.457 e. The molecule has 1 amide bonds. The van der Waals surface area contributed by atoms with Crippen LogP contribution in [0.2, 0.25) is 0 Å². The molecule has 2 atom stereocenters. The second-order valence-corrected chi connectivity index (χ2v) is 11.2. The molecule has 0 fully saturated rings. The maximum absolute atomic E-state index is 13.2. The number of nitrogens with one attached hydrogen (secondary N) is 1. The van der Waals surface area contributed by atoms with Crippen molar-refractivity contribution in [3.63, 3.8) is 0 Å². The number of carbonyl (C=O) groups is 1. The molecule has 0 saturated heterocycles. The molecule has 0 bridgehead atoms. The van der Waals surface area contributed by atoms with Crippen LogP contribution < -0.4 is 14.4 Å². The van der Waals surface area contributed by atoms with Crippen molar-refractivity contribution >= 4 is 32.6 Å². The quantitative estimate of drug-likeness (QED) is 0.357. The second kappa shape index (κ2) is 10.3. The van der Waals surface area contributed by atoms with E-state index < -0.39 is 22.2 Å². The lowest BCUT2D eigenvalue weighted by atomic mass is 10.0. The van der Waals surface area contributed by atoms with Crippen LogP contribution in [0.1, 0.15) is 28.9 Å². The third-order valence-corrected chi connectivity index (χ3v) is 7.68. The molecule has 1 aliphatic heterocycles. The molecule has 2 N–H and O–H groups in total. The van der Waals surface area contributed by atoms with Crippen LogP contribution in [0.3, 0.4) is 0 Å². The van der Waals surface area contributed by atoms with Gasteiger partial charge in [-0.3, -0.25) is 9.10 Å². The molecule has 9 nitrogen and oxygen atoms in total. The van der Waals surface area contributed by atoms with Gasteiger partial charge in [-0.1, -0.05) is 0 Å². The lowest BCUT2D eigenvalue weighted by Gasteiger charge is -2.24. The number of sulfonamides is 1. The minimum atomic E-state index is -3.72. The van der Waals surface area contributed by atoms with E-state index in [1.54, 1.807) is 43.3 Å². The first-order valence-corrected chi connectivity index (χ1v) is 14.0. The Bertz CT molecular complexity index is 1630. The fraction of sp³-hybridized carbons (Fsp3) is 0.250. The van der Waals surface area contributed by atoms with Gasteiger partial charge in [-0.25, -0.2) is 12.8 Å². The lowest BCUT2D eigenvalue weighted by molar-refractivity contribution is -0.0227. The van der Waals surface area contributed by atoms with Gasteiger partial charge in [0.15, 0.2) is 0 Å². The molecule has 2 heterocycles. The maximum atomic E-state index is 13.2. The van der Waals surface area contributed by atoms with Crippen molar-refractivity contribution in [2.24, 2.45) is 0 Å². The highest BCUT2D eigenvalue weighted by atomic mass is 32.2. The Labute approximate surface area is 224 Å². The molecule has 11 heteroatoms. The topological polar surface area (TPSA) is 118 Å². The number of anilines is 1. The lowest BCUT2D eigenvalue weighted by Crippen LogP contribution is -2.38. The molecule has 0 aliphatic carbocycles. The summed E-state index contributed by atoms with van der Waals surface area (Å²) >= 11 is 0. The second-order valence-electron chi connectivity index (χ2n) is 9.25. The first kappa shape index (κ1) is 26.7. The van der Waals surface area contributed by atoms with Gasteiger partial charge < -0.3 is 24.3 Å². The summed E-state index contributed by atoms with van der Waals surface area (Å²) in [5.41, 5.74) is 2.10. The zero-order valence-electron chi connectivity index (χ0n) is 21.5. The number of hydrogen-bond acceptors (Lipinski definition) is 7. The molecule has 1 aromatic heterocycles. The number of hydrogen-bond donors (Lipinski definition) is 2. The van der Waals surface area contributed by atoms with Crippen LogP contribution >= 0.6 is 0 Å². The number of nitrogens with zero attached hydrogens (tertiary/aromatic N) is 1. The van der Waals surface area contributed by atoms with E-state index in [1.165, 1.54) is 35.6 Å². The van der Waals surface area contributed by atoms with Crippen molar-refractivity contribution in [2.45, 2.75) is 19.1 Å². The van der Waals surface area contributed by atoms with Gasteiger partial charge in [0.2, 0.25) is 10.0 Å². The van der Waals surface area contributed by atoms with Crippen LogP contribution in [0.5, 0.6) is 11.5 Å². The van der Waals surface area contributed by atoms with Crippen LogP contribution in [-0.4, -0.2) is 52.0 Å². The van der Waals surface area contributed by atoms with Crippen molar-refractivity contribution in [3.8, 4) is 22.8 Å². The predicted molar refractivity (Wildman–Crippen MR) is 144 cm³/mol. The minimum absolute atomic E-state index is 0.0659. The summed E-state index contributed by atoms with van der Waals surface area (Å²) < 4.78 is 57.6. The molecule has 5 rings (SSSR count). The molecule has 0 saturated carbocycles. The van der Waals surface area contributed by atoms with E-state index in [0.29, 0.717) is 45.0 Å². The number of rotatable bonds is 6. The Balaban J connectivity index is 1.61. The summed E-state index contributed by atoms with van der Waals surface area (Å²) in [6.45, 7) is 1.35. The van der Waals surface area contributed by atoms with E-state index in [1.807, 2.05) is 0 Å². The van der Waals surface area contributed by atoms with Gasteiger partial charge in [0.1, 0.15) is 28.7 Å². The fourth-order valence-electron chi connectivity index (χ4n) is 4.66. The minimum Gasteiger partial charge on any atom is -0.457 e. The number of halogens is 1. The van der Waals surface area contributed by atoms with E-state index >= 15 is 0 Å². The van der Waals surface area contributed by atoms with Crippen LogP contribution in [0, 0.1) is 5.82 Å². The number of amides is 1. The van der Waals surface area contributed by atoms with Gasteiger partial charge >= 0.3 is 0 Å². The molecule has 4 aromatic rings. The maximum Gasteiger partial charge on any atom is 0.255 e. The van der Waals surface area contributed by atoms with E-state index in [-0.39, 0.29) is 30.4 Å². The molecule has 3 aromatic carbocycles. The van der Waals surface area contributed by atoms with Crippen molar-refractivity contribution in [1.82, 2.24) is 5.32 Å². The van der Waals surface area contributed by atoms with Crippen molar-refractivity contribution < 1.29 is 36.6 Å². The van der Waals surface area contributed by atoms with Crippen molar-refractivity contribution in [3.05, 3.63) is 77.6 Å². The number of benzene rings is 3. The number of fused-ring (bicyclic) bond motifs is 2. The number of aliphatic hydroxyl groups excluding tert-OH is 1. The predicted octanol–water partition coefficient (Wildman–Crippen LogP) is 4.61. The zero-order chi connectivity index (χ0) is 27.9. The number of ether oxygens (including phenoxy) is 2.